The fraction of sp³-hybridized carbons (Fsp3) is 0. The summed E-state index contributed by atoms with van der Waals surface area (Å²) < 4.78 is 0. The third-order valence-corrected chi connectivity index (χ3v) is 0.999. The maximum absolute atomic E-state index is 9.86. The average molecular weight is 251 g/mol. The third-order valence-electron chi connectivity index (χ3n) is 0.999. The number of hydrogen-bond acceptors (Lipinski definition) is 1. The minimum absolute atomic E-state index is 0. The summed E-state index contributed by atoms with van der Waals surface area (Å²) in [5.74, 6) is 0. The molecule has 1 N–H and O–H groups in total. The summed E-state index contributed by atoms with van der Waals surface area (Å²) in [5, 5.41) is 2.53. The van der Waals surface area contributed by atoms with Crippen molar-refractivity contribution in [2.24, 2.45) is 0 Å². The van der Waals surface area contributed by atoms with Gasteiger partial charge in [0.05, 0.1) is 0 Å². The molecule has 0 atom stereocenters. The van der Waals surface area contributed by atoms with Crippen LogP contribution in [0.4, 0.5) is 5.69 Å². The molecule has 1 rings (SSSR count). The van der Waals surface area contributed by atoms with Gasteiger partial charge in [0, 0.05) is 5.69 Å². The van der Waals surface area contributed by atoms with E-state index in [9.17, 15) is 4.79 Å². The van der Waals surface area contributed by atoms with Crippen molar-refractivity contribution in [3.63, 3.8) is 0 Å². The maximum atomic E-state index is 9.86. The Labute approximate surface area is 76.4 Å². The van der Waals surface area contributed by atoms with Gasteiger partial charge in [-0.25, -0.2) is 0 Å². The van der Waals surface area contributed by atoms with Crippen LogP contribution in [-0.2, 0) is 4.79 Å². The second-order valence-electron chi connectivity index (χ2n) is 1.63. The molecule has 0 aliphatic rings. The molecule has 10 heavy (non-hydrogen) atoms. The van der Waals surface area contributed by atoms with E-state index in [0.29, 0.717) is 6.41 Å². The predicted molar refractivity (Wildman–Crippen MR) is 44.7 cm³/mol. The van der Waals surface area contributed by atoms with Gasteiger partial charge in [0.15, 0.2) is 0 Å². The van der Waals surface area contributed by atoms with E-state index < -0.39 is 0 Å². The molecule has 1 amide bonds. The van der Waals surface area contributed by atoms with Crippen LogP contribution in [0.5, 0.6) is 0 Å². The molecule has 0 radical (unpaired) electrons. The van der Waals surface area contributed by atoms with Crippen LogP contribution in [0.25, 0.3) is 0 Å². The zero-order valence-electron chi connectivity index (χ0n) is 5.37. The molecule has 0 saturated heterocycles. The Kier molecular flexibility index (Phi) is 5.00. The molecule has 54 valence electrons. The molecule has 1 aromatic rings. The van der Waals surface area contributed by atoms with Gasteiger partial charge in [-0.3, -0.25) is 4.79 Å². The number of amides is 1. The molecule has 0 aliphatic carbocycles. The Balaban J connectivity index is 0.000000810. The Bertz CT molecular complexity index is 188. The van der Waals surface area contributed by atoms with Crippen LogP contribution >= 0.6 is 0 Å². The SMILES string of the molecule is O=CNc1ccccc1.[TeH2]. The van der Waals surface area contributed by atoms with Gasteiger partial charge in [0.25, 0.3) is 0 Å². The van der Waals surface area contributed by atoms with E-state index in [0.717, 1.165) is 5.69 Å². The van der Waals surface area contributed by atoms with E-state index in [1.165, 1.54) is 0 Å². The van der Waals surface area contributed by atoms with Crippen molar-refractivity contribution >= 4 is 35.8 Å². The summed E-state index contributed by atoms with van der Waals surface area (Å²) in [6.07, 6.45) is 0.662. The standard InChI is InChI=1S/C7H7NO.H2Te/c9-6-8-7-4-2-1-3-5-7;/h1-6H,(H,8,9);1H2. The molecule has 0 aliphatic heterocycles. The van der Waals surface area contributed by atoms with Crippen molar-refractivity contribution in [2.45, 2.75) is 0 Å². The van der Waals surface area contributed by atoms with Crippen LogP contribution in [-0.4, -0.2) is 30.1 Å². The summed E-state index contributed by atoms with van der Waals surface area (Å²) >= 11 is 0. The zero-order valence-corrected chi connectivity index (χ0v) is 8.23. The first-order chi connectivity index (χ1) is 4.43. The number of carbonyl (C=O) groups is 1. The van der Waals surface area contributed by atoms with E-state index in [2.05, 4.69) is 5.32 Å². The van der Waals surface area contributed by atoms with Crippen LogP contribution < -0.4 is 5.32 Å². The van der Waals surface area contributed by atoms with Gasteiger partial charge >= 0.3 is 23.7 Å². The zero-order chi connectivity index (χ0) is 6.53. The molecule has 0 aromatic heterocycles. The van der Waals surface area contributed by atoms with Crippen LogP contribution in [0.1, 0.15) is 0 Å². The van der Waals surface area contributed by atoms with Gasteiger partial charge in [0.1, 0.15) is 0 Å². The van der Waals surface area contributed by atoms with Crippen molar-refractivity contribution in [1.29, 1.82) is 0 Å². The fourth-order valence-corrected chi connectivity index (χ4v) is 0.602. The number of nitrogens with one attached hydrogen (secondary N) is 1. The van der Waals surface area contributed by atoms with Crippen molar-refractivity contribution in [1.82, 2.24) is 0 Å². The Hall–Kier alpha value is -0.520. The van der Waals surface area contributed by atoms with Crippen LogP contribution in [0, 0.1) is 0 Å². The molecule has 0 heterocycles. The monoisotopic (exact) mass is 253 g/mol. The van der Waals surface area contributed by atoms with Gasteiger partial charge < -0.3 is 5.32 Å². The summed E-state index contributed by atoms with van der Waals surface area (Å²) in [6, 6.07) is 9.29. The van der Waals surface area contributed by atoms with E-state index in [4.69, 9.17) is 0 Å². The van der Waals surface area contributed by atoms with Crippen LogP contribution in [0.2, 0.25) is 0 Å². The van der Waals surface area contributed by atoms with Gasteiger partial charge in [-0.1, -0.05) is 18.2 Å². The molecule has 0 saturated carbocycles. The Morgan fingerprint density at radius 3 is 2.30 bits per heavy atom. The average Bonchev–Trinajstić information content (AvgIpc) is 1.91. The summed E-state index contributed by atoms with van der Waals surface area (Å²) in [6.45, 7) is 0. The molecule has 0 bridgehead atoms. The topological polar surface area (TPSA) is 29.1 Å². The fourth-order valence-electron chi connectivity index (χ4n) is 0.602. The van der Waals surface area contributed by atoms with E-state index in [1.54, 1.807) is 0 Å². The third kappa shape index (κ3) is 2.86. The van der Waals surface area contributed by atoms with Gasteiger partial charge in [-0.2, -0.15) is 0 Å². The van der Waals surface area contributed by atoms with Gasteiger partial charge in [-0.05, 0) is 12.1 Å². The molecule has 0 spiro atoms. The summed E-state index contributed by atoms with van der Waals surface area (Å²) in [5.41, 5.74) is 0.826. The second kappa shape index (κ2) is 5.28. The molecule has 2 nitrogen and oxygen atoms in total. The number of hydrogen-bond donors (Lipinski definition) is 1. The van der Waals surface area contributed by atoms with Crippen molar-refractivity contribution in [3.05, 3.63) is 30.3 Å². The van der Waals surface area contributed by atoms with E-state index >= 15 is 0 Å². The minimum atomic E-state index is 0. The van der Waals surface area contributed by atoms with Crippen LogP contribution in [0.3, 0.4) is 0 Å². The van der Waals surface area contributed by atoms with Gasteiger partial charge in [0.2, 0.25) is 6.41 Å². The van der Waals surface area contributed by atoms with Crippen molar-refractivity contribution < 1.29 is 4.79 Å². The van der Waals surface area contributed by atoms with Crippen molar-refractivity contribution in [2.75, 3.05) is 5.32 Å². The number of anilines is 1. The predicted octanol–water partition coefficient (Wildman–Crippen LogP) is 0.339. The number of carbonyl (C=O) groups excluding carboxylic acids is 1. The number of rotatable bonds is 2. The Morgan fingerprint density at radius 2 is 1.80 bits per heavy atom. The molecule has 0 fully saturated rings. The number of para-hydroxylation sites is 1. The molecular formula is C7H9NOTe. The molecule has 1 aromatic carbocycles. The molecule has 3 heteroatoms. The van der Waals surface area contributed by atoms with E-state index in [1.807, 2.05) is 30.3 Å². The first-order valence-electron chi connectivity index (χ1n) is 2.69. The quantitative estimate of drug-likeness (QED) is 0.595. The molecule has 0 unspecified atom stereocenters. The van der Waals surface area contributed by atoms with Crippen molar-refractivity contribution in [3.8, 4) is 0 Å². The summed E-state index contributed by atoms with van der Waals surface area (Å²) in [4.78, 5) is 9.86. The first-order valence-corrected chi connectivity index (χ1v) is 2.69. The Morgan fingerprint density at radius 1 is 1.20 bits per heavy atom. The van der Waals surface area contributed by atoms with Crippen LogP contribution in [0.15, 0.2) is 30.3 Å². The normalized spacial score (nSPS) is 7.60. The van der Waals surface area contributed by atoms with E-state index in [-0.39, 0.29) is 23.7 Å². The molecular weight excluding hydrogens is 242 g/mol. The van der Waals surface area contributed by atoms with Gasteiger partial charge in [-0.15, -0.1) is 0 Å². The summed E-state index contributed by atoms with van der Waals surface area (Å²) in [7, 11) is 0. The second-order valence-corrected chi connectivity index (χ2v) is 1.63. The number of benzene rings is 1. The first kappa shape index (κ1) is 9.48.